The van der Waals surface area contributed by atoms with Gasteiger partial charge in [-0.05, 0) is 35.2 Å². The summed E-state index contributed by atoms with van der Waals surface area (Å²) in [6.45, 7) is 1.29. The standard InChI is InChI=1S/C18H19NO3.ClH/c1-22-16-8-6-13(7-9-16)11-19-12-15-5-3-2-4-14(15)10-17(19)18(20)21;/h2-9,17H,10-12H2,1H3,(H,20,21);1H. The summed E-state index contributed by atoms with van der Waals surface area (Å²) in [7, 11) is 1.64. The van der Waals surface area contributed by atoms with Crippen LogP contribution in [0.3, 0.4) is 0 Å². The van der Waals surface area contributed by atoms with E-state index in [4.69, 9.17) is 4.74 Å². The molecule has 1 N–H and O–H groups in total. The highest BCUT2D eigenvalue weighted by Crippen LogP contribution is 2.25. The highest BCUT2D eigenvalue weighted by atomic mass is 35.5. The van der Waals surface area contributed by atoms with Gasteiger partial charge in [-0.15, -0.1) is 12.4 Å². The molecule has 3 rings (SSSR count). The fourth-order valence-corrected chi connectivity index (χ4v) is 2.95. The molecule has 5 heteroatoms. The number of ether oxygens (including phenoxy) is 1. The Morgan fingerprint density at radius 3 is 2.43 bits per heavy atom. The average molecular weight is 334 g/mol. The van der Waals surface area contributed by atoms with Crippen molar-refractivity contribution in [2.24, 2.45) is 0 Å². The SMILES string of the molecule is COc1ccc(CN2Cc3ccccc3CC2C(=O)O)cc1.Cl. The Hall–Kier alpha value is -2.04. The Balaban J connectivity index is 0.00000192. The number of hydrogen-bond donors (Lipinski definition) is 1. The zero-order valence-electron chi connectivity index (χ0n) is 12.9. The number of carbonyl (C=O) groups is 1. The van der Waals surface area contributed by atoms with Crippen LogP contribution in [0.4, 0.5) is 0 Å². The van der Waals surface area contributed by atoms with Gasteiger partial charge >= 0.3 is 5.97 Å². The fraction of sp³-hybridized carbons (Fsp3) is 0.278. The molecule has 1 heterocycles. The molecule has 2 aromatic rings. The molecule has 23 heavy (non-hydrogen) atoms. The first-order chi connectivity index (χ1) is 10.7. The van der Waals surface area contributed by atoms with Crippen molar-refractivity contribution in [3.63, 3.8) is 0 Å². The number of aliphatic carboxylic acids is 1. The topological polar surface area (TPSA) is 49.8 Å². The van der Waals surface area contributed by atoms with Crippen LogP contribution in [-0.4, -0.2) is 29.1 Å². The Bertz CT molecular complexity index is 672. The van der Waals surface area contributed by atoms with E-state index < -0.39 is 12.0 Å². The molecule has 0 spiro atoms. The molecule has 0 saturated carbocycles. The normalized spacial score (nSPS) is 17.0. The van der Waals surface area contributed by atoms with Crippen LogP contribution >= 0.6 is 12.4 Å². The largest absolute Gasteiger partial charge is 0.497 e. The molecule has 0 aliphatic carbocycles. The molecule has 0 aromatic heterocycles. The molecule has 1 unspecified atom stereocenters. The third kappa shape index (κ3) is 3.84. The molecule has 122 valence electrons. The smallest absolute Gasteiger partial charge is 0.321 e. The zero-order chi connectivity index (χ0) is 15.5. The van der Waals surface area contributed by atoms with Crippen molar-refractivity contribution in [3.05, 3.63) is 65.2 Å². The third-order valence-corrected chi connectivity index (χ3v) is 4.18. The molecule has 0 bridgehead atoms. The Kier molecular flexibility index (Phi) is 5.64. The monoisotopic (exact) mass is 333 g/mol. The van der Waals surface area contributed by atoms with Crippen molar-refractivity contribution >= 4 is 18.4 Å². The van der Waals surface area contributed by atoms with E-state index >= 15 is 0 Å². The minimum Gasteiger partial charge on any atom is -0.497 e. The van der Waals surface area contributed by atoms with Crippen LogP contribution in [0, 0.1) is 0 Å². The van der Waals surface area contributed by atoms with Gasteiger partial charge < -0.3 is 9.84 Å². The van der Waals surface area contributed by atoms with Gasteiger partial charge in [0.25, 0.3) is 0 Å². The van der Waals surface area contributed by atoms with Gasteiger partial charge in [-0.3, -0.25) is 9.69 Å². The first-order valence-electron chi connectivity index (χ1n) is 7.34. The number of carboxylic acid groups (broad SMARTS) is 1. The quantitative estimate of drug-likeness (QED) is 0.934. The molecule has 0 fully saturated rings. The number of fused-ring (bicyclic) bond motifs is 1. The summed E-state index contributed by atoms with van der Waals surface area (Å²) < 4.78 is 5.16. The summed E-state index contributed by atoms with van der Waals surface area (Å²) >= 11 is 0. The van der Waals surface area contributed by atoms with Crippen molar-refractivity contribution in [3.8, 4) is 5.75 Å². The predicted octanol–water partition coefficient (Wildman–Crippen LogP) is 3.13. The van der Waals surface area contributed by atoms with E-state index in [9.17, 15) is 9.90 Å². The van der Waals surface area contributed by atoms with Crippen LogP contribution < -0.4 is 4.74 Å². The molecule has 1 atom stereocenters. The predicted molar refractivity (Wildman–Crippen MR) is 91.1 cm³/mol. The summed E-state index contributed by atoms with van der Waals surface area (Å²) in [6.07, 6.45) is 0.557. The van der Waals surface area contributed by atoms with E-state index in [0.29, 0.717) is 19.5 Å². The van der Waals surface area contributed by atoms with E-state index in [1.807, 2.05) is 47.4 Å². The van der Waals surface area contributed by atoms with Crippen molar-refractivity contribution in [2.45, 2.75) is 25.6 Å². The van der Waals surface area contributed by atoms with Gasteiger partial charge in [-0.2, -0.15) is 0 Å². The average Bonchev–Trinajstić information content (AvgIpc) is 2.54. The van der Waals surface area contributed by atoms with Crippen molar-refractivity contribution in [2.75, 3.05) is 7.11 Å². The van der Waals surface area contributed by atoms with Gasteiger partial charge in [-0.1, -0.05) is 36.4 Å². The summed E-state index contributed by atoms with van der Waals surface area (Å²) in [4.78, 5) is 13.6. The highest BCUT2D eigenvalue weighted by Gasteiger charge is 2.31. The van der Waals surface area contributed by atoms with Crippen LogP contribution in [0.25, 0.3) is 0 Å². The van der Waals surface area contributed by atoms with E-state index in [-0.39, 0.29) is 12.4 Å². The summed E-state index contributed by atoms with van der Waals surface area (Å²) in [6, 6.07) is 15.4. The van der Waals surface area contributed by atoms with Crippen LogP contribution in [0.5, 0.6) is 5.75 Å². The Labute approximate surface area is 142 Å². The maximum absolute atomic E-state index is 11.6. The molecule has 1 aliphatic rings. The first-order valence-corrected chi connectivity index (χ1v) is 7.34. The van der Waals surface area contributed by atoms with E-state index in [2.05, 4.69) is 6.07 Å². The second kappa shape index (κ2) is 7.49. The van der Waals surface area contributed by atoms with Crippen LogP contribution in [0.2, 0.25) is 0 Å². The fourth-order valence-electron chi connectivity index (χ4n) is 2.95. The lowest BCUT2D eigenvalue weighted by atomic mass is 9.93. The summed E-state index contributed by atoms with van der Waals surface area (Å²) in [5.74, 6) is 0.0468. The van der Waals surface area contributed by atoms with Gasteiger partial charge in [0.2, 0.25) is 0 Å². The minimum atomic E-state index is -0.761. The van der Waals surface area contributed by atoms with E-state index in [0.717, 1.165) is 16.9 Å². The van der Waals surface area contributed by atoms with Crippen molar-refractivity contribution in [1.82, 2.24) is 4.90 Å². The number of hydrogen-bond acceptors (Lipinski definition) is 3. The summed E-state index contributed by atoms with van der Waals surface area (Å²) in [5, 5.41) is 9.53. The van der Waals surface area contributed by atoms with Crippen molar-refractivity contribution in [1.29, 1.82) is 0 Å². The molecule has 2 aromatic carbocycles. The minimum absolute atomic E-state index is 0. The number of benzene rings is 2. The van der Waals surface area contributed by atoms with Crippen LogP contribution in [-0.2, 0) is 24.3 Å². The van der Waals surface area contributed by atoms with E-state index in [1.54, 1.807) is 7.11 Å². The van der Waals surface area contributed by atoms with E-state index in [1.165, 1.54) is 5.56 Å². The van der Waals surface area contributed by atoms with Gasteiger partial charge in [0.15, 0.2) is 0 Å². The lowest BCUT2D eigenvalue weighted by molar-refractivity contribution is -0.144. The third-order valence-electron chi connectivity index (χ3n) is 4.18. The second-order valence-corrected chi connectivity index (χ2v) is 5.58. The molecule has 0 saturated heterocycles. The maximum Gasteiger partial charge on any atom is 0.321 e. The number of rotatable bonds is 4. The van der Waals surface area contributed by atoms with Gasteiger partial charge in [0, 0.05) is 13.1 Å². The molecule has 0 amide bonds. The highest BCUT2D eigenvalue weighted by molar-refractivity contribution is 5.85. The zero-order valence-corrected chi connectivity index (χ0v) is 13.8. The second-order valence-electron chi connectivity index (χ2n) is 5.58. The number of methoxy groups -OCH3 is 1. The van der Waals surface area contributed by atoms with Gasteiger partial charge in [0.1, 0.15) is 11.8 Å². The Morgan fingerprint density at radius 1 is 1.17 bits per heavy atom. The maximum atomic E-state index is 11.6. The van der Waals surface area contributed by atoms with Gasteiger partial charge in [0.05, 0.1) is 7.11 Å². The molecular formula is C18H20ClNO3. The summed E-state index contributed by atoms with van der Waals surface area (Å²) in [5.41, 5.74) is 3.45. The van der Waals surface area contributed by atoms with Crippen LogP contribution in [0.15, 0.2) is 48.5 Å². The molecule has 1 aliphatic heterocycles. The lowest BCUT2D eigenvalue weighted by Gasteiger charge is -2.34. The van der Waals surface area contributed by atoms with Crippen molar-refractivity contribution < 1.29 is 14.6 Å². The van der Waals surface area contributed by atoms with Crippen LogP contribution in [0.1, 0.15) is 16.7 Å². The molecule has 0 radical (unpaired) electrons. The molecular weight excluding hydrogens is 314 g/mol. The number of nitrogens with zero attached hydrogens (tertiary/aromatic N) is 1. The lowest BCUT2D eigenvalue weighted by Crippen LogP contribution is -2.44. The first kappa shape index (κ1) is 17.3. The Morgan fingerprint density at radius 2 is 1.83 bits per heavy atom. The molecule has 4 nitrogen and oxygen atoms in total. The number of halogens is 1. The number of carboxylic acids is 1. The van der Waals surface area contributed by atoms with Gasteiger partial charge in [-0.25, -0.2) is 0 Å².